The van der Waals surface area contributed by atoms with Gasteiger partial charge in [-0.05, 0) is 23.8 Å². The Morgan fingerprint density at radius 2 is 2.18 bits per heavy atom. The van der Waals surface area contributed by atoms with Crippen LogP contribution in [0.15, 0.2) is 37.1 Å². The lowest BCUT2D eigenvalue weighted by atomic mass is 10.2. The molecule has 1 heteroatoms. The average Bonchev–Trinajstić information content (AvgIpc) is 1.97. The smallest absolute Gasteiger partial charge is 0.0164 e. The van der Waals surface area contributed by atoms with Gasteiger partial charge in [-0.3, -0.25) is 0 Å². The largest absolute Gasteiger partial charge is 0.391 e. The van der Waals surface area contributed by atoms with Crippen LogP contribution in [-0.2, 0) is 0 Å². The van der Waals surface area contributed by atoms with E-state index in [0.29, 0.717) is 5.92 Å². The summed E-state index contributed by atoms with van der Waals surface area (Å²) < 4.78 is 0. The Bertz CT molecular complexity index is 154. The highest BCUT2D eigenvalue weighted by atomic mass is 14.8. The van der Waals surface area contributed by atoms with Crippen LogP contribution in [0.4, 0.5) is 0 Å². The molecule has 0 fully saturated rings. The molecule has 0 spiro atoms. The van der Waals surface area contributed by atoms with E-state index in [4.69, 9.17) is 0 Å². The molecule has 0 bridgehead atoms. The predicted octanol–water partition coefficient (Wildman–Crippen LogP) is 2.49. The molecule has 0 rings (SSSR count). The topological polar surface area (TPSA) is 12.0 Å². The monoisotopic (exact) mass is 151 g/mol. The molecule has 0 heterocycles. The summed E-state index contributed by atoms with van der Waals surface area (Å²) in [6.45, 7) is 12.7. The van der Waals surface area contributed by atoms with Crippen molar-refractivity contribution in [2.75, 3.05) is 6.54 Å². The number of hydrogen-bond acceptors (Lipinski definition) is 1. The van der Waals surface area contributed by atoms with Gasteiger partial charge in [0.05, 0.1) is 0 Å². The summed E-state index contributed by atoms with van der Waals surface area (Å²) in [5.74, 6) is 0.677. The van der Waals surface area contributed by atoms with Gasteiger partial charge in [-0.1, -0.05) is 33.1 Å². The van der Waals surface area contributed by atoms with Gasteiger partial charge < -0.3 is 5.32 Å². The molecule has 1 N–H and O–H groups in total. The first-order valence-electron chi connectivity index (χ1n) is 3.88. The van der Waals surface area contributed by atoms with Crippen molar-refractivity contribution in [1.29, 1.82) is 0 Å². The lowest BCUT2D eigenvalue weighted by Gasteiger charge is -2.02. The third kappa shape index (κ3) is 6.91. The van der Waals surface area contributed by atoms with E-state index in [1.165, 1.54) is 0 Å². The lowest BCUT2D eigenvalue weighted by Crippen LogP contribution is -2.12. The highest BCUT2D eigenvalue weighted by Crippen LogP contribution is 1.91. The first-order valence-corrected chi connectivity index (χ1v) is 3.88. The van der Waals surface area contributed by atoms with Crippen molar-refractivity contribution in [2.24, 2.45) is 5.92 Å². The molecule has 0 saturated carbocycles. The Balaban J connectivity index is 3.44. The Hall–Kier alpha value is -0.980. The molecule has 0 aliphatic heterocycles. The summed E-state index contributed by atoms with van der Waals surface area (Å²) in [5.41, 5.74) is 0.932. The van der Waals surface area contributed by atoms with Crippen molar-refractivity contribution < 1.29 is 0 Å². The van der Waals surface area contributed by atoms with E-state index in [9.17, 15) is 0 Å². The molecule has 0 radical (unpaired) electrons. The van der Waals surface area contributed by atoms with Crippen LogP contribution in [0.1, 0.15) is 13.8 Å². The van der Waals surface area contributed by atoms with Gasteiger partial charge in [-0.25, -0.2) is 0 Å². The summed E-state index contributed by atoms with van der Waals surface area (Å²) >= 11 is 0. The first-order chi connectivity index (χ1) is 5.16. The van der Waals surface area contributed by atoms with Crippen molar-refractivity contribution in [1.82, 2.24) is 5.32 Å². The van der Waals surface area contributed by atoms with E-state index < -0.39 is 0 Å². The van der Waals surface area contributed by atoms with Crippen LogP contribution in [0.5, 0.6) is 0 Å². The normalized spacial score (nSPS) is 10.5. The van der Waals surface area contributed by atoms with Crippen molar-refractivity contribution in [3.63, 3.8) is 0 Å². The SMILES string of the molecule is C=CC(=C)/C=C\NCC(C)C. The molecule has 0 unspecified atom stereocenters. The highest BCUT2D eigenvalue weighted by molar-refractivity contribution is 5.24. The summed E-state index contributed by atoms with van der Waals surface area (Å²) in [6, 6.07) is 0. The molecule has 0 atom stereocenters. The summed E-state index contributed by atoms with van der Waals surface area (Å²) in [6.07, 6.45) is 5.55. The second kappa shape index (κ2) is 5.78. The van der Waals surface area contributed by atoms with E-state index in [-0.39, 0.29) is 0 Å². The molecular weight excluding hydrogens is 134 g/mol. The summed E-state index contributed by atoms with van der Waals surface area (Å²) in [7, 11) is 0. The van der Waals surface area contributed by atoms with Crippen LogP contribution in [0.3, 0.4) is 0 Å². The van der Waals surface area contributed by atoms with Gasteiger partial charge in [0.1, 0.15) is 0 Å². The maximum absolute atomic E-state index is 3.74. The van der Waals surface area contributed by atoms with Crippen LogP contribution in [0.25, 0.3) is 0 Å². The summed E-state index contributed by atoms with van der Waals surface area (Å²) in [4.78, 5) is 0. The fourth-order valence-corrected chi connectivity index (χ4v) is 0.538. The van der Waals surface area contributed by atoms with Gasteiger partial charge in [0.25, 0.3) is 0 Å². The maximum Gasteiger partial charge on any atom is 0.0164 e. The second-order valence-electron chi connectivity index (χ2n) is 2.91. The molecule has 0 saturated heterocycles. The van der Waals surface area contributed by atoms with E-state index in [0.717, 1.165) is 12.1 Å². The number of allylic oxidation sites excluding steroid dienone is 3. The third-order valence-corrected chi connectivity index (χ3v) is 1.20. The van der Waals surface area contributed by atoms with Crippen molar-refractivity contribution in [3.8, 4) is 0 Å². The van der Waals surface area contributed by atoms with Crippen molar-refractivity contribution in [3.05, 3.63) is 37.1 Å². The fraction of sp³-hybridized carbons (Fsp3) is 0.400. The molecule has 0 aliphatic rings. The van der Waals surface area contributed by atoms with Crippen LogP contribution in [0, 0.1) is 5.92 Å². The molecule has 0 amide bonds. The minimum Gasteiger partial charge on any atom is -0.391 e. The highest BCUT2D eigenvalue weighted by Gasteiger charge is 1.87. The van der Waals surface area contributed by atoms with Crippen LogP contribution in [-0.4, -0.2) is 6.54 Å². The van der Waals surface area contributed by atoms with Crippen LogP contribution in [0.2, 0.25) is 0 Å². The van der Waals surface area contributed by atoms with Crippen molar-refractivity contribution >= 4 is 0 Å². The quantitative estimate of drug-likeness (QED) is 0.595. The van der Waals surface area contributed by atoms with E-state index in [2.05, 4.69) is 32.3 Å². The number of hydrogen-bond donors (Lipinski definition) is 1. The van der Waals surface area contributed by atoms with E-state index in [1.807, 2.05) is 12.3 Å². The molecule has 1 nitrogen and oxygen atoms in total. The van der Waals surface area contributed by atoms with Gasteiger partial charge in [-0.15, -0.1) is 0 Å². The second-order valence-corrected chi connectivity index (χ2v) is 2.91. The first kappa shape index (κ1) is 10.0. The Morgan fingerprint density at radius 3 is 2.64 bits per heavy atom. The Labute approximate surface area is 69.5 Å². The fourth-order valence-electron chi connectivity index (χ4n) is 0.538. The van der Waals surface area contributed by atoms with Gasteiger partial charge in [0.15, 0.2) is 0 Å². The molecule has 0 aliphatic carbocycles. The Kier molecular flexibility index (Phi) is 5.26. The van der Waals surface area contributed by atoms with Crippen LogP contribution >= 0.6 is 0 Å². The van der Waals surface area contributed by atoms with E-state index in [1.54, 1.807) is 6.08 Å². The molecule has 0 aromatic carbocycles. The summed E-state index contributed by atoms with van der Waals surface area (Å²) in [5, 5.41) is 3.16. The zero-order chi connectivity index (χ0) is 8.69. The van der Waals surface area contributed by atoms with Gasteiger partial charge in [0.2, 0.25) is 0 Å². The molecule has 11 heavy (non-hydrogen) atoms. The number of rotatable bonds is 5. The zero-order valence-corrected chi connectivity index (χ0v) is 7.43. The molecule has 0 aromatic rings. The third-order valence-electron chi connectivity index (χ3n) is 1.20. The van der Waals surface area contributed by atoms with Gasteiger partial charge in [0, 0.05) is 6.54 Å². The molecule has 0 aromatic heterocycles. The van der Waals surface area contributed by atoms with Crippen LogP contribution < -0.4 is 5.32 Å². The molecule has 62 valence electrons. The lowest BCUT2D eigenvalue weighted by molar-refractivity contribution is 0.611. The zero-order valence-electron chi connectivity index (χ0n) is 7.43. The number of nitrogens with one attached hydrogen (secondary N) is 1. The van der Waals surface area contributed by atoms with E-state index >= 15 is 0 Å². The Morgan fingerprint density at radius 1 is 1.55 bits per heavy atom. The maximum atomic E-state index is 3.74. The average molecular weight is 151 g/mol. The van der Waals surface area contributed by atoms with Gasteiger partial charge in [-0.2, -0.15) is 0 Å². The minimum atomic E-state index is 0.677. The predicted molar refractivity (Wildman–Crippen MR) is 51.3 cm³/mol. The minimum absolute atomic E-state index is 0.677. The standard InChI is InChI=1S/C10H17N/c1-5-10(4)6-7-11-8-9(2)3/h5-7,9,11H,1,4,8H2,2-3H3/b7-6-. The van der Waals surface area contributed by atoms with Crippen molar-refractivity contribution in [2.45, 2.75) is 13.8 Å². The van der Waals surface area contributed by atoms with Gasteiger partial charge >= 0.3 is 0 Å². The molecular formula is C10H17N.